The highest BCUT2D eigenvalue weighted by Gasteiger charge is 2.09. The van der Waals surface area contributed by atoms with Crippen molar-refractivity contribution in [2.75, 3.05) is 20.3 Å². The predicted octanol–water partition coefficient (Wildman–Crippen LogP) is 3.28. The third kappa shape index (κ3) is 4.45. The van der Waals surface area contributed by atoms with Gasteiger partial charge in [0, 0.05) is 36.4 Å². The van der Waals surface area contributed by atoms with Crippen LogP contribution in [0, 0.1) is 6.92 Å². The van der Waals surface area contributed by atoms with Gasteiger partial charge in [-0.15, -0.1) is 0 Å². The number of rotatable bonds is 7. The molecule has 1 heterocycles. The molecule has 2 aromatic rings. The first-order chi connectivity index (χ1) is 10.1. The molecule has 0 aliphatic carbocycles. The second kappa shape index (κ2) is 7.80. The molecule has 1 N–H and O–H groups in total. The van der Waals surface area contributed by atoms with Gasteiger partial charge in [0.15, 0.2) is 0 Å². The topological polar surface area (TPSA) is 39.1 Å². The summed E-state index contributed by atoms with van der Waals surface area (Å²) in [5.74, 6) is 0.963. The van der Waals surface area contributed by atoms with Gasteiger partial charge in [0.25, 0.3) is 0 Å². The second-order valence-electron chi connectivity index (χ2n) is 4.79. The van der Waals surface area contributed by atoms with Gasteiger partial charge in [0.05, 0.1) is 18.8 Å². The van der Waals surface area contributed by atoms with Crippen LogP contribution in [-0.4, -0.2) is 29.8 Å². The SMILES string of the molecule is COCCNCc1cnc(C)n1Cc1ccc(Cl)cc1Cl. The molecule has 0 saturated heterocycles. The van der Waals surface area contributed by atoms with Crippen molar-refractivity contribution in [2.24, 2.45) is 0 Å². The number of halogens is 2. The van der Waals surface area contributed by atoms with E-state index in [1.54, 1.807) is 13.2 Å². The molecule has 114 valence electrons. The summed E-state index contributed by atoms with van der Waals surface area (Å²) in [5, 5.41) is 4.65. The van der Waals surface area contributed by atoms with Gasteiger partial charge in [0.1, 0.15) is 5.82 Å². The van der Waals surface area contributed by atoms with E-state index in [1.807, 2.05) is 25.3 Å². The third-order valence-corrected chi connectivity index (χ3v) is 3.86. The highest BCUT2D eigenvalue weighted by Crippen LogP contribution is 2.22. The van der Waals surface area contributed by atoms with Crippen LogP contribution in [-0.2, 0) is 17.8 Å². The Bertz CT molecular complexity index is 599. The van der Waals surface area contributed by atoms with Crippen molar-refractivity contribution >= 4 is 23.2 Å². The smallest absolute Gasteiger partial charge is 0.106 e. The number of imidazole rings is 1. The second-order valence-corrected chi connectivity index (χ2v) is 5.63. The molecule has 4 nitrogen and oxygen atoms in total. The van der Waals surface area contributed by atoms with Crippen molar-refractivity contribution in [1.29, 1.82) is 0 Å². The van der Waals surface area contributed by atoms with E-state index >= 15 is 0 Å². The normalized spacial score (nSPS) is 11.0. The predicted molar refractivity (Wildman–Crippen MR) is 86.1 cm³/mol. The summed E-state index contributed by atoms with van der Waals surface area (Å²) in [5.41, 5.74) is 2.15. The van der Waals surface area contributed by atoms with Crippen LogP contribution in [0.2, 0.25) is 10.0 Å². The molecule has 0 radical (unpaired) electrons. The number of nitrogens with one attached hydrogen (secondary N) is 1. The Morgan fingerprint density at radius 2 is 2.14 bits per heavy atom. The number of hydrogen-bond donors (Lipinski definition) is 1. The van der Waals surface area contributed by atoms with Crippen LogP contribution in [0.5, 0.6) is 0 Å². The average Bonchev–Trinajstić information content (AvgIpc) is 2.79. The first-order valence-electron chi connectivity index (χ1n) is 6.76. The van der Waals surface area contributed by atoms with E-state index in [4.69, 9.17) is 27.9 Å². The zero-order chi connectivity index (χ0) is 15.2. The molecule has 0 amide bonds. The minimum absolute atomic E-state index is 0.646. The molecule has 0 bridgehead atoms. The molecule has 0 atom stereocenters. The van der Waals surface area contributed by atoms with Gasteiger partial charge >= 0.3 is 0 Å². The molecule has 0 aliphatic heterocycles. The van der Waals surface area contributed by atoms with E-state index in [0.29, 0.717) is 23.2 Å². The van der Waals surface area contributed by atoms with Gasteiger partial charge in [0.2, 0.25) is 0 Å². The van der Waals surface area contributed by atoms with E-state index in [1.165, 1.54) is 0 Å². The number of ether oxygens (including phenoxy) is 1. The lowest BCUT2D eigenvalue weighted by Gasteiger charge is -2.12. The monoisotopic (exact) mass is 327 g/mol. The van der Waals surface area contributed by atoms with E-state index in [-0.39, 0.29) is 0 Å². The van der Waals surface area contributed by atoms with Gasteiger partial charge in [-0.3, -0.25) is 0 Å². The van der Waals surface area contributed by atoms with Crippen LogP contribution >= 0.6 is 23.2 Å². The standard InChI is InChI=1S/C15H19Cl2N3O/c1-11-19-9-14(8-18-5-6-21-2)20(11)10-12-3-4-13(16)7-15(12)17/h3-4,7,9,18H,5-6,8,10H2,1-2H3. The Kier molecular flexibility index (Phi) is 6.06. The first kappa shape index (κ1) is 16.3. The van der Waals surface area contributed by atoms with Crippen molar-refractivity contribution < 1.29 is 4.74 Å². The molecule has 6 heteroatoms. The van der Waals surface area contributed by atoms with Gasteiger partial charge in [-0.25, -0.2) is 4.98 Å². The third-order valence-electron chi connectivity index (χ3n) is 3.27. The number of benzene rings is 1. The summed E-state index contributed by atoms with van der Waals surface area (Å²) >= 11 is 12.2. The molecule has 1 aromatic carbocycles. The molecule has 0 spiro atoms. The summed E-state index contributed by atoms with van der Waals surface area (Å²) in [6, 6.07) is 5.57. The molecule has 1 aromatic heterocycles. The summed E-state index contributed by atoms with van der Waals surface area (Å²) in [7, 11) is 1.69. The quantitative estimate of drug-likeness (QED) is 0.793. The van der Waals surface area contributed by atoms with E-state index in [9.17, 15) is 0 Å². The molecule has 0 saturated carbocycles. The van der Waals surface area contributed by atoms with Gasteiger partial charge in [-0.2, -0.15) is 0 Å². The minimum atomic E-state index is 0.646. The fourth-order valence-electron chi connectivity index (χ4n) is 2.08. The fourth-order valence-corrected chi connectivity index (χ4v) is 2.55. The highest BCUT2D eigenvalue weighted by atomic mass is 35.5. The van der Waals surface area contributed by atoms with Crippen LogP contribution < -0.4 is 5.32 Å². The first-order valence-corrected chi connectivity index (χ1v) is 7.52. The van der Waals surface area contributed by atoms with Crippen molar-refractivity contribution in [1.82, 2.24) is 14.9 Å². The number of aryl methyl sites for hydroxylation is 1. The lowest BCUT2D eigenvalue weighted by Crippen LogP contribution is -2.21. The Labute approximate surface area is 135 Å². The molecule has 0 aliphatic rings. The molecule has 2 rings (SSSR count). The maximum absolute atomic E-state index is 6.25. The van der Waals surface area contributed by atoms with Crippen molar-refractivity contribution in [3.63, 3.8) is 0 Å². The Morgan fingerprint density at radius 1 is 1.33 bits per heavy atom. The largest absolute Gasteiger partial charge is 0.383 e. The minimum Gasteiger partial charge on any atom is -0.383 e. The Morgan fingerprint density at radius 3 is 2.86 bits per heavy atom. The number of nitrogens with zero attached hydrogens (tertiary/aromatic N) is 2. The van der Waals surface area contributed by atoms with Gasteiger partial charge in [-0.1, -0.05) is 29.3 Å². The highest BCUT2D eigenvalue weighted by molar-refractivity contribution is 6.35. The maximum Gasteiger partial charge on any atom is 0.106 e. The van der Waals surface area contributed by atoms with Gasteiger partial charge in [-0.05, 0) is 24.6 Å². The molecule has 0 unspecified atom stereocenters. The molecule has 21 heavy (non-hydrogen) atoms. The van der Waals surface area contributed by atoms with Crippen LogP contribution in [0.15, 0.2) is 24.4 Å². The summed E-state index contributed by atoms with van der Waals surface area (Å²) in [4.78, 5) is 4.38. The zero-order valence-electron chi connectivity index (χ0n) is 12.2. The van der Waals surface area contributed by atoms with E-state index < -0.39 is 0 Å². The molecular formula is C15H19Cl2N3O. The van der Waals surface area contributed by atoms with Crippen LogP contribution in [0.3, 0.4) is 0 Å². The Hall–Kier alpha value is -1.07. The van der Waals surface area contributed by atoms with Crippen LogP contribution in [0.4, 0.5) is 0 Å². The Balaban J connectivity index is 2.10. The van der Waals surface area contributed by atoms with E-state index in [0.717, 1.165) is 30.2 Å². The summed E-state index contributed by atoms with van der Waals surface area (Å²) in [6.07, 6.45) is 1.89. The average molecular weight is 328 g/mol. The number of methoxy groups -OCH3 is 1. The lowest BCUT2D eigenvalue weighted by molar-refractivity contribution is 0.199. The molecular weight excluding hydrogens is 309 g/mol. The van der Waals surface area contributed by atoms with Crippen LogP contribution in [0.1, 0.15) is 17.1 Å². The van der Waals surface area contributed by atoms with E-state index in [2.05, 4.69) is 14.9 Å². The lowest BCUT2D eigenvalue weighted by atomic mass is 10.2. The number of hydrogen-bond acceptors (Lipinski definition) is 3. The maximum atomic E-state index is 6.25. The zero-order valence-corrected chi connectivity index (χ0v) is 13.7. The van der Waals surface area contributed by atoms with Crippen molar-refractivity contribution in [2.45, 2.75) is 20.0 Å². The van der Waals surface area contributed by atoms with Crippen molar-refractivity contribution in [3.8, 4) is 0 Å². The van der Waals surface area contributed by atoms with Crippen LogP contribution in [0.25, 0.3) is 0 Å². The summed E-state index contributed by atoms with van der Waals surface area (Å²) in [6.45, 7) is 4.92. The molecule has 0 fully saturated rings. The summed E-state index contributed by atoms with van der Waals surface area (Å²) < 4.78 is 7.17. The van der Waals surface area contributed by atoms with Crippen molar-refractivity contribution in [3.05, 3.63) is 51.5 Å². The number of aromatic nitrogens is 2. The van der Waals surface area contributed by atoms with Gasteiger partial charge < -0.3 is 14.6 Å². The fraction of sp³-hybridized carbons (Fsp3) is 0.400.